The minimum Gasteiger partial charge on any atom is -0.460 e. The van der Waals surface area contributed by atoms with Crippen molar-refractivity contribution in [2.24, 2.45) is 0 Å². The molecule has 0 saturated carbocycles. The van der Waals surface area contributed by atoms with Crippen molar-refractivity contribution in [3.8, 4) is 0 Å². The van der Waals surface area contributed by atoms with E-state index >= 15 is 0 Å². The van der Waals surface area contributed by atoms with Crippen molar-refractivity contribution in [2.75, 3.05) is 12.9 Å². The Morgan fingerprint density at radius 1 is 1.55 bits per heavy atom. The Morgan fingerprint density at radius 3 is 2.50 bits per heavy atom. The Kier molecular flexibility index (Phi) is 7.66. The van der Waals surface area contributed by atoms with Crippen molar-refractivity contribution in [1.82, 2.24) is 9.82 Å². The van der Waals surface area contributed by atoms with Crippen LogP contribution in [0.15, 0.2) is 24.5 Å². The van der Waals surface area contributed by atoms with E-state index in [1.54, 1.807) is 18.3 Å². The lowest BCUT2D eigenvalue weighted by atomic mass is 10.1. The summed E-state index contributed by atoms with van der Waals surface area (Å²) >= 11 is 5.47. The lowest BCUT2D eigenvalue weighted by Crippen LogP contribution is -2.38. The van der Waals surface area contributed by atoms with E-state index in [1.807, 2.05) is 13.8 Å². The largest absolute Gasteiger partial charge is 0.460 e. The Balaban J connectivity index is 0.000000621. The number of halogens is 1. The fraction of sp³-hybridized carbons (Fsp3) is 0.455. The normalized spacial score (nSPS) is 11.2. The third-order valence-electron chi connectivity index (χ3n) is 1.72. The summed E-state index contributed by atoms with van der Waals surface area (Å²) in [5.41, 5.74) is -0.0118. The van der Waals surface area contributed by atoms with Gasteiger partial charge in [-0.1, -0.05) is 0 Å². The minimum absolute atomic E-state index is 0.199. The molecule has 0 aliphatic rings. The van der Waals surface area contributed by atoms with Crippen LogP contribution < -0.4 is 4.84 Å². The van der Waals surface area contributed by atoms with E-state index in [4.69, 9.17) is 21.1 Å². The predicted molar refractivity (Wildman–Crippen MR) is 75.1 cm³/mol. The number of hydrogen-bond acceptors (Lipinski definition) is 6. The highest BCUT2D eigenvalue weighted by Crippen LogP contribution is 2.06. The summed E-state index contributed by atoms with van der Waals surface area (Å²) in [4.78, 5) is 17.8. The summed E-state index contributed by atoms with van der Waals surface area (Å²) < 4.78 is 30.9. The Labute approximate surface area is 123 Å². The monoisotopic (exact) mass is 324 g/mol. The van der Waals surface area contributed by atoms with Gasteiger partial charge in [0.1, 0.15) is 6.61 Å². The molecule has 0 spiro atoms. The highest BCUT2D eigenvalue weighted by Gasteiger charge is 2.19. The average Bonchev–Trinajstić information content (AvgIpc) is 2.35. The van der Waals surface area contributed by atoms with Gasteiger partial charge >= 0.3 is 5.97 Å². The first-order valence-corrected chi connectivity index (χ1v) is 7.65. The maximum atomic E-state index is 11.5. The van der Waals surface area contributed by atoms with Crippen LogP contribution in [0.5, 0.6) is 0 Å². The molecule has 0 amide bonds. The van der Waals surface area contributed by atoms with Gasteiger partial charge in [-0.15, -0.1) is 0 Å². The quantitative estimate of drug-likeness (QED) is 0.488. The standard InChI is InChI=1S/C10H13ClN2O2.CH4O3S/c1-10(2,13-11)7-15-9(14)8-4-3-5-12-6-8;1-5(2,3)4/h3-6,13H,7H2,1-2H3;1H3,(H,2,3,4). The van der Waals surface area contributed by atoms with Crippen molar-refractivity contribution in [1.29, 1.82) is 0 Å². The van der Waals surface area contributed by atoms with Gasteiger partial charge in [0.05, 0.1) is 17.4 Å². The van der Waals surface area contributed by atoms with Gasteiger partial charge in [-0.2, -0.15) is 8.42 Å². The van der Waals surface area contributed by atoms with Gasteiger partial charge in [0.15, 0.2) is 0 Å². The van der Waals surface area contributed by atoms with Gasteiger partial charge < -0.3 is 4.74 Å². The molecular weight excluding hydrogens is 308 g/mol. The van der Waals surface area contributed by atoms with Crippen LogP contribution in [0.25, 0.3) is 0 Å². The molecule has 0 unspecified atom stereocenters. The summed E-state index contributed by atoms with van der Waals surface area (Å²) in [5.74, 6) is -0.400. The van der Waals surface area contributed by atoms with E-state index in [-0.39, 0.29) is 6.61 Å². The number of nitrogens with one attached hydrogen (secondary N) is 1. The highest BCUT2D eigenvalue weighted by atomic mass is 35.5. The Bertz CT molecular complexity index is 511. The first-order chi connectivity index (χ1) is 9.05. The van der Waals surface area contributed by atoms with Gasteiger partial charge in [-0.25, -0.2) is 9.63 Å². The topological polar surface area (TPSA) is 106 Å². The Morgan fingerprint density at radius 2 is 2.10 bits per heavy atom. The molecule has 0 radical (unpaired) electrons. The molecule has 20 heavy (non-hydrogen) atoms. The number of pyridine rings is 1. The van der Waals surface area contributed by atoms with E-state index < -0.39 is 21.6 Å². The number of carbonyl (C=O) groups is 1. The smallest absolute Gasteiger partial charge is 0.339 e. The van der Waals surface area contributed by atoms with Gasteiger partial charge in [0.2, 0.25) is 0 Å². The molecule has 1 rings (SSSR count). The molecule has 2 N–H and O–H groups in total. The fourth-order valence-corrected chi connectivity index (χ4v) is 0.895. The maximum Gasteiger partial charge on any atom is 0.339 e. The second-order valence-corrected chi connectivity index (χ2v) is 6.18. The maximum absolute atomic E-state index is 11.5. The number of esters is 1. The first kappa shape index (κ1) is 18.8. The van der Waals surface area contributed by atoms with Crippen LogP contribution in [0.2, 0.25) is 0 Å². The second kappa shape index (κ2) is 8.15. The predicted octanol–water partition coefficient (Wildman–Crippen LogP) is 1.26. The zero-order valence-corrected chi connectivity index (χ0v) is 12.9. The number of nitrogens with zero attached hydrogens (tertiary/aromatic N) is 1. The molecule has 9 heteroatoms. The molecule has 1 aromatic rings. The van der Waals surface area contributed by atoms with Gasteiger partial charge in [-0.3, -0.25) is 9.54 Å². The summed E-state index contributed by atoms with van der Waals surface area (Å²) in [5, 5.41) is 0. The molecule has 1 heterocycles. The van der Waals surface area contributed by atoms with Gasteiger partial charge in [0, 0.05) is 12.4 Å². The third kappa shape index (κ3) is 10.7. The number of hydrogen-bond donors (Lipinski definition) is 2. The molecule has 0 aromatic carbocycles. The van der Waals surface area contributed by atoms with Crippen molar-refractivity contribution in [3.05, 3.63) is 30.1 Å². The molecule has 0 fully saturated rings. The van der Waals surface area contributed by atoms with E-state index in [1.165, 1.54) is 6.20 Å². The molecule has 0 bridgehead atoms. The van der Waals surface area contributed by atoms with Gasteiger partial charge in [0.25, 0.3) is 10.1 Å². The summed E-state index contributed by atoms with van der Waals surface area (Å²) in [6.07, 6.45) is 3.78. The number of aromatic nitrogens is 1. The van der Waals surface area contributed by atoms with Crippen molar-refractivity contribution in [3.63, 3.8) is 0 Å². The zero-order chi connectivity index (χ0) is 15.8. The summed E-state index contributed by atoms with van der Waals surface area (Å²) in [6.45, 7) is 3.86. The van der Waals surface area contributed by atoms with E-state index in [0.717, 1.165) is 0 Å². The molecule has 7 nitrogen and oxygen atoms in total. The van der Waals surface area contributed by atoms with Crippen molar-refractivity contribution >= 4 is 27.9 Å². The lowest BCUT2D eigenvalue weighted by Gasteiger charge is -2.21. The lowest BCUT2D eigenvalue weighted by molar-refractivity contribution is 0.0420. The molecule has 0 aliphatic carbocycles. The summed E-state index contributed by atoms with van der Waals surface area (Å²) in [7, 11) is -3.67. The third-order valence-corrected chi connectivity index (χ3v) is 2.23. The van der Waals surface area contributed by atoms with Gasteiger partial charge in [-0.05, 0) is 37.8 Å². The van der Waals surface area contributed by atoms with Crippen LogP contribution in [0.4, 0.5) is 0 Å². The highest BCUT2D eigenvalue weighted by molar-refractivity contribution is 7.85. The SMILES string of the molecule is CC(C)(COC(=O)c1cccnc1)NCl.CS(=O)(=O)O. The van der Waals surface area contributed by atoms with Crippen molar-refractivity contribution < 1.29 is 22.5 Å². The minimum atomic E-state index is -3.67. The molecule has 114 valence electrons. The molecular formula is C11H17ClN2O5S. The van der Waals surface area contributed by atoms with E-state index in [0.29, 0.717) is 11.8 Å². The summed E-state index contributed by atoms with van der Waals surface area (Å²) in [6, 6.07) is 3.33. The second-order valence-electron chi connectivity index (χ2n) is 4.53. The van der Waals surface area contributed by atoms with Crippen LogP contribution in [0.1, 0.15) is 24.2 Å². The molecule has 0 aliphatic heterocycles. The fourth-order valence-electron chi connectivity index (χ4n) is 0.840. The molecule has 1 aromatic heterocycles. The Hall–Kier alpha value is -1.22. The molecule has 0 saturated heterocycles. The van der Waals surface area contributed by atoms with E-state index in [9.17, 15) is 13.2 Å². The van der Waals surface area contributed by atoms with E-state index in [2.05, 4.69) is 9.82 Å². The number of carbonyl (C=O) groups excluding carboxylic acids is 1. The average molecular weight is 325 g/mol. The van der Waals surface area contributed by atoms with Crippen molar-refractivity contribution in [2.45, 2.75) is 19.4 Å². The number of rotatable bonds is 4. The van der Waals surface area contributed by atoms with Crippen LogP contribution >= 0.6 is 11.8 Å². The first-order valence-electron chi connectivity index (χ1n) is 5.42. The zero-order valence-electron chi connectivity index (χ0n) is 11.3. The van der Waals surface area contributed by atoms with Crippen LogP contribution in [0.3, 0.4) is 0 Å². The van der Waals surface area contributed by atoms with Crippen LogP contribution in [-0.2, 0) is 14.9 Å². The van der Waals surface area contributed by atoms with Crippen LogP contribution in [0, 0.1) is 0 Å². The number of ether oxygens (including phenoxy) is 1. The van der Waals surface area contributed by atoms with Crippen LogP contribution in [-0.4, -0.2) is 42.3 Å². The molecule has 0 atom stereocenters.